The number of rotatable bonds is 2. The van der Waals surface area contributed by atoms with E-state index in [4.69, 9.17) is 5.73 Å². The molecule has 1 heterocycles. The first-order valence-corrected chi connectivity index (χ1v) is 5.31. The fourth-order valence-electron chi connectivity index (χ4n) is 2.95. The van der Waals surface area contributed by atoms with Gasteiger partial charge in [0.1, 0.15) is 5.54 Å². The van der Waals surface area contributed by atoms with Crippen molar-refractivity contribution < 1.29 is 4.79 Å². The van der Waals surface area contributed by atoms with Crippen LogP contribution in [0.2, 0.25) is 0 Å². The molecule has 1 saturated heterocycles. The summed E-state index contributed by atoms with van der Waals surface area (Å²) in [5, 5.41) is 3.34. The Morgan fingerprint density at radius 2 is 2.00 bits per heavy atom. The second-order valence-electron chi connectivity index (χ2n) is 4.35. The molecule has 2 rings (SSSR count). The van der Waals surface area contributed by atoms with E-state index in [0.29, 0.717) is 5.92 Å². The monoisotopic (exact) mass is 182 g/mol. The van der Waals surface area contributed by atoms with Crippen LogP contribution in [-0.4, -0.2) is 18.0 Å². The van der Waals surface area contributed by atoms with Crippen LogP contribution < -0.4 is 11.1 Å². The second kappa shape index (κ2) is 3.29. The number of primary amides is 1. The first-order chi connectivity index (χ1) is 6.26. The van der Waals surface area contributed by atoms with Crippen LogP contribution in [0.4, 0.5) is 0 Å². The summed E-state index contributed by atoms with van der Waals surface area (Å²) in [6.45, 7) is 0.958. The SMILES string of the molecule is NC(=O)C1(C2CCCC2)CCCN1. The molecule has 0 radical (unpaired) electrons. The lowest BCUT2D eigenvalue weighted by Gasteiger charge is -2.32. The van der Waals surface area contributed by atoms with Gasteiger partial charge in [-0.2, -0.15) is 0 Å². The van der Waals surface area contributed by atoms with Crippen LogP contribution in [0.15, 0.2) is 0 Å². The number of amides is 1. The van der Waals surface area contributed by atoms with E-state index in [1.165, 1.54) is 25.7 Å². The molecule has 3 N–H and O–H groups in total. The number of hydrogen-bond donors (Lipinski definition) is 2. The van der Waals surface area contributed by atoms with Gasteiger partial charge in [-0.25, -0.2) is 0 Å². The first-order valence-electron chi connectivity index (χ1n) is 5.31. The predicted octanol–water partition coefficient (Wildman–Crippen LogP) is 0.784. The molecule has 2 fully saturated rings. The molecule has 0 aromatic heterocycles. The van der Waals surface area contributed by atoms with Gasteiger partial charge in [0.2, 0.25) is 5.91 Å². The van der Waals surface area contributed by atoms with Crippen LogP contribution in [0.1, 0.15) is 38.5 Å². The molecule has 0 aromatic carbocycles. The maximum Gasteiger partial charge on any atom is 0.238 e. The summed E-state index contributed by atoms with van der Waals surface area (Å²) in [4.78, 5) is 11.5. The van der Waals surface area contributed by atoms with Gasteiger partial charge < -0.3 is 11.1 Å². The topological polar surface area (TPSA) is 55.1 Å². The van der Waals surface area contributed by atoms with Crippen LogP contribution in [0.3, 0.4) is 0 Å². The number of carbonyl (C=O) groups excluding carboxylic acids is 1. The standard InChI is InChI=1S/C10H18N2O/c11-9(13)10(6-3-7-12-10)8-4-1-2-5-8/h8,12H,1-7H2,(H2,11,13). The van der Waals surface area contributed by atoms with E-state index < -0.39 is 0 Å². The molecule has 1 amide bonds. The molecule has 3 nitrogen and oxygen atoms in total. The number of nitrogens with one attached hydrogen (secondary N) is 1. The Kier molecular flexibility index (Phi) is 2.28. The van der Waals surface area contributed by atoms with Crippen LogP contribution in [-0.2, 0) is 4.79 Å². The minimum atomic E-state index is -0.337. The third-order valence-corrected chi connectivity index (χ3v) is 3.68. The van der Waals surface area contributed by atoms with Crippen molar-refractivity contribution in [2.75, 3.05) is 6.54 Å². The van der Waals surface area contributed by atoms with E-state index >= 15 is 0 Å². The highest BCUT2D eigenvalue weighted by molar-refractivity contribution is 5.85. The zero-order chi connectivity index (χ0) is 9.31. The van der Waals surface area contributed by atoms with Gasteiger partial charge in [-0.05, 0) is 38.1 Å². The van der Waals surface area contributed by atoms with E-state index in [9.17, 15) is 4.79 Å². The van der Waals surface area contributed by atoms with Crippen LogP contribution in [0.5, 0.6) is 0 Å². The smallest absolute Gasteiger partial charge is 0.238 e. The minimum Gasteiger partial charge on any atom is -0.368 e. The quantitative estimate of drug-likeness (QED) is 0.663. The van der Waals surface area contributed by atoms with Crippen molar-refractivity contribution in [2.24, 2.45) is 11.7 Å². The lowest BCUT2D eigenvalue weighted by molar-refractivity contribution is -0.125. The molecular formula is C10H18N2O. The second-order valence-corrected chi connectivity index (χ2v) is 4.35. The van der Waals surface area contributed by atoms with Crippen molar-refractivity contribution in [3.05, 3.63) is 0 Å². The largest absolute Gasteiger partial charge is 0.368 e. The maximum absolute atomic E-state index is 11.5. The minimum absolute atomic E-state index is 0.128. The number of nitrogens with two attached hydrogens (primary N) is 1. The molecule has 13 heavy (non-hydrogen) atoms. The molecule has 0 bridgehead atoms. The van der Waals surface area contributed by atoms with Crippen molar-refractivity contribution >= 4 is 5.91 Å². The predicted molar refractivity (Wildman–Crippen MR) is 51.1 cm³/mol. The summed E-state index contributed by atoms with van der Waals surface area (Å²) in [7, 11) is 0. The number of carbonyl (C=O) groups is 1. The Labute approximate surface area is 79.1 Å². The van der Waals surface area contributed by atoms with Gasteiger partial charge in [0.15, 0.2) is 0 Å². The van der Waals surface area contributed by atoms with E-state index in [2.05, 4.69) is 5.32 Å². The van der Waals surface area contributed by atoms with Gasteiger partial charge in [-0.15, -0.1) is 0 Å². The molecule has 1 aliphatic carbocycles. The van der Waals surface area contributed by atoms with Gasteiger partial charge in [0.05, 0.1) is 0 Å². The van der Waals surface area contributed by atoms with Gasteiger partial charge >= 0.3 is 0 Å². The molecule has 0 spiro atoms. The molecule has 3 heteroatoms. The lowest BCUT2D eigenvalue weighted by atomic mass is 9.81. The Bertz CT molecular complexity index is 203. The van der Waals surface area contributed by atoms with Crippen LogP contribution >= 0.6 is 0 Å². The molecule has 1 atom stereocenters. The molecule has 74 valence electrons. The number of hydrogen-bond acceptors (Lipinski definition) is 2. The third-order valence-electron chi connectivity index (χ3n) is 3.68. The fourth-order valence-corrected chi connectivity index (χ4v) is 2.95. The molecule has 1 aliphatic heterocycles. The highest BCUT2D eigenvalue weighted by atomic mass is 16.1. The van der Waals surface area contributed by atoms with Crippen LogP contribution in [0.25, 0.3) is 0 Å². The normalized spacial score (nSPS) is 35.4. The van der Waals surface area contributed by atoms with Crippen molar-refractivity contribution in [1.82, 2.24) is 5.32 Å². The van der Waals surface area contributed by atoms with Crippen molar-refractivity contribution in [3.63, 3.8) is 0 Å². The van der Waals surface area contributed by atoms with Gasteiger partial charge in [0, 0.05) is 0 Å². The molecule has 0 aromatic rings. The van der Waals surface area contributed by atoms with Crippen molar-refractivity contribution in [2.45, 2.75) is 44.1 Å². The molecule has 1 saturated carbocycles. The van der Waals surface area contributed by atoms with Gasteiger partial charge in [-0.1, -0.05) is 12.8 Å². The van der Waals surface area contributed by atoms with E-state index in [1.807, 2.05) is 0 Å². The summed E-state index contributed by atoms with van der Waals surface area (Å²) in [6.07, 6.45) is 6.93. The van der Waals surface area contributed by atoms with Crippen LogP contribution in [0, 0.1) is 5.92 Å². The van der Waals surface area contributed by atoms with Gasteiger partial charge in [0.25, 0.3) is 0 Å². The summed E-state index contributed by atoms with van der Waals surface area (Å²) >= 11 is 0. The average Bonchev–Trinajstić information content (AvgIpc) is 2.75. The summed E-state index contributed by atoms with van der Waals surface area (Å²) in [5.41, 5.74) is 5.17. The van der Waals surface area contributed by atoms with E-state index in [1.54, 1.807) is 0 Å². The zero-order valence-corrected chi connectivity index (χ0v) is 8.01. The lowest BCUT2D eigenvalue weighted by Crippen LogP contribution is -2.56. The third kappa shape index (κ3) is 1.35. The molecule has 1 unspecified atom stereocenters. The summed E-state index contributed by atoms with van der Waals surface area (Å²) in [6, 6.07) is 0. The zero-order valence-electron chi connectivity index (χ0n) is 8.01. The Morgan fingerprint density at radius 1 is 1.31 bits per heavy atom. The Morgan fingerprint density at radius 3 is 2.46 bits per heavy atom. The summed E-state index contributed by atoms with van der Waals surface area (Å²) in [5.74, 6) is 0.379. The molecular weight excluding hydrogens is 164 g/mol. The van der Waals surface area contributed by atoms with E-state index in [0.717, 1.165) is 19.4 Å². The maximum atomic E-state index is 11.5. The van der Waals surface area contributed by atoms with Crippen molar-refractivity contribution in [3.8, 4) is 0 Å². The summed E-state index contributed by atoms with van der Waals surface area (Å²) < 4.78 is 0. The highest BCUT2D eigenvalue weighted by Gasteiger charge is 2.46. The highest BCUT2D eigenvalue weighted by Crippen LogP contribution is 2.38. The van der Waals surface area contributed by atoms with Crippen molar-refractivity contribution in [1.29, 1.82) is 0 Å². The van der Waals surface area contributed by atoms with Gasteiger partial charge in [-0.3, -0.25) is 4.79 Å². The van der Waals surface area contributed by atoms with E-state index in [-0.39, 0.29) is 11.4 Å². The molecule has 2 aliphatic rings. The Hall–Kier alpha value is -0.570. The first kappa shape index (κ1) is 9.00. The average molecular weight is 182 g/mol. The Balaban J connectivity index is 2.16. The fraction of sp³-hybridized carbons (Fsp3) is 0.900.